The summed E-state index contributed by atoms with van der Waals surface area (Å²) in [6.07, 6.45) is 1.60. The molecule has 9 heteroatoms. The second-order valence-corrected chi connectivity index (χ2v) is 5.18. The first-order chi connectivity index (χ1) is 9.95. The monoisotopic (exact) mass is 330 g/mol. The van der Waals surface area contributed by atoms with Crippen molar-refractivity contribution in [3.63, 3.8) is 0 Å². The molecule has 0 aliphatic carbocycles. The van der Waals surface area contributed by atoms with Crippen LogP contribution < -0.4 is 5.32 Å². The van der Waals surface area contributed by atoms with E-state index in [0.29, 0.717) is 15.7 Å². The first-order valence-electron chi connectivity index (χ1n) is 5.99. The van der Waals surface area contributed by atoms with Gasteiger partial charge in [0.05, 0.1) is 28.3 Å². The largest absolute Gasteiger partial charge is 0.389 e. The third kappa shape index (κ3) is 4.32. The molecule has 0 fully saturated rings. The Labute approximate surface area is 130 Å². The smallest absolute Gasteiger partial charge is 0.306 e. The molecule has 2 aromatic rings. The van der Waals surface area contributed by atoms with Gasteiger partial charge in [0.25, 0.3) is 0 Å². The lowest BCUT2D eigenvalue weighted by molar-refractivity contribution is -0.385. The minimum absolute atomic E-state index is 0.118. The Morgan fingerprint density at radius 3 is 2.90 bits per heavy atom. The summed E-state index contributed by atoms with van der Waals surface area (Å²) in [6.45, 7) is 0.326. The second-order valence-electron chi connectivity index (χ2n) is 4.34. The average Bonchev–Trinajstić information content (AvgIpc) is 2.88. The first-order valence-corrected chi connectivity index (χ1v) is 6.75. The van der Waals surface area contributed by atoms with Crippen molar-refractivity contribution < 1.29 is 10.0 Å². The fourth-order valence-electron chi connectivity index (χ4n) is 1.69. The number of aliphatic hydroxyl groups is 1. The zero-order valence-corrected chi connectivity index (χ0v) is 12.3. The third-order valence-corrected chi connectivity index (χ3v) is 3.25. The Morgan fingerprint density at radius 2 is 2.24 bits per heavy atom. The van der Waals surface area contributed by atoms with Crippen LogP contribution in [0.2, 0.25) is 10.0 Å². The molecule has 1 unspecified atom stereocenters. The molecule has 0 saturated carbocycles. The van der Waals surface area contributed by atoms with Gasteiger partial charge in [0.15, 0.2) is 0 Å². The van der Waals surface area contributed by atoms with Gasteiger partial charge in [-0.2, -0.15) is 5.10 Å². The van der Waals surface area contributed by atoms with Crippen LogP contribution in [-0.2, 0) is 6.54 Å². The van der Waals surface area contributed by atoms with Crippen molar-refractivity contribution in [1.29, 1.82) is 0 Å². The van der Waals surface area contributed by atoms with E-state index < -0.39 is 11.0 Å². The highest BCUT2D eigenvalue weighted by molar-refractivity contribution is 6.35. The van der Waals surface area contributed by atoms with Crippen LogP contribution in [0.25, 0.3) is 0 Å². The number of nitro groups is 1. The number of anilines is 1. The van der Waals surface area contributed by atoms with E-state index in [1.807, 2.05) is 0 Å². The molecule has 1 heterocycles. The molecular weight excluding hydrogens is 319 g/mol. The van der Waals surface area contributed by atoms with E-state index in [4.69, 9.17) is 23.2 Å². The molecule has 2 rings (SSSR count). The quantitative estimate of drug-likeness (QED) is 0.627. The number of aromatic nitrogens is 2. The number of benzene rings is 1. The van der Waals surface area contributed by atoms with Crippen molar-refractivity contribution in [3.05, 3.63) is 50.8 Å². The van der Waals surface area contributed by atoms with Gasteiger partial charge in [0.2, 0.25) is 0 Å². The molecule has 112 valence electrons. The van der Waals surface area contributed by atoms with Gasteiger partial charge in [0, 0.05) is 11.6 Å². The summed E-state index contributed by atoms with van der Waals surface area (Å²) in [5.74, 6) is 0. The van der Waals surface area contributed by atoms with Crippen molar-refractivity contribution >= 4 is 34.6 Å². The van der Waals surface area contributed by atoms with Gasteiger partial charge in [-0.15, -0.1) is 0 Å². The summed E-state index contributed by atoms with van der Waals surface area (Å²) in [4.78, 5) is 9.99. The molecule has 1 aromatic heterocycles. The maximum absolute atomic E-state index is 10.5. The molecule has 1 atom stereocenters. The van der Waals surface area contributed by atoms with Gasteiger partial charge in [-0.1, -0.05) is 23.2 Å². The number of hydrogen-bond acceptors (Lipinski definition) is 5. The molecule has 0 bridgehead atoms. The van der Waals surface area contributed by atoms with E-state index in [0.717, 1.165) is 6.20 Å². The Morgan fingerprint density at radius 1 is 1.48 bits per heavy atom. The zero-order chi connectivity index (χ0) is 15.4. The van der Waals surface area contributed by atoms with Gasteiger partial charge in [-0.25, -0.2) is 0 Å². The maximum atomic E-state index is 10.5. The molecule has 0 amide bonds. The highest BCUT2D eigenvalue weighted by Gasteiger charge is 2.12. The summed E-state index contributed by atoms with van der Waals surface area (Å²) in [5, 5.41) is 28.2. The number of nitrogens with one attached hydrogen (secondary N) is 1. The topological polar surface area (TPSA) is 93.2 Å². The fourth-order valence-corrected chi connectivity index (χ4v) is 2.04. The average molecular weight is 331 g/mol. The standard InChI is InChI=1S/C12H12Cl2N4O3/c13-8-1-2-11(14)12(3-8)15-5-10(19)7-17-6-9(4-16-17)18(20)21/h1-4,6,10,15,19H,5,7H2. The molecule has 0 aliphatic heterocycles. The fraction of sp³-hybridized carbons (Fsp3) is 0.250. The van der Waals surface area contributed by atoms with Crippen LogP contribution in [0.3, 0.4) is 0 Å². The summed E-state index contributed by atoms with van der Waals surface area (Å²) in [5.41, 5.74) is 0.489. The molecule has 21 heavy (non-hydrogen) atoms. The number of aliphatic hydroxyl groups excluding tert-OH is 1. The van der Waals surface area contributed by atoms with E-state index in [-0.39, 0.29) is 18.8 Å². The lowest BCUT2D eigenvalue weighted by Crippen LogP contribution is -2.25. The predicted molar refractivity (Wildman–Crippen MR) is 79.8 cm³/mol. The molecule has 7 nitrogen and oxygen atoms in total. The van der Waals surface area contributed by atoms with E-state index in [9.17, 15) is 15.2 Å². The van der Waals surface area contributed by atoms with E-state index in [2.05, 4.69) is 10.4 Å². The van der Waals surface area contributed by atoms with Crippen molar-refractivity contribution in [2.24, 2.45) is 0 Å². The lowest BCUT2D eigenvalue weighted by Gasteiger charge is -2.13. The second kappa shape index (κ2) is 6.75. The number of rotatable bonds is 6. The normalized spacial score (nSPS) is 12.1. The van der Waals surface area contributed by atoms with Crippen LogP contribution in [0, 0.1) is 10.1 Å². The first kappa shape index (κ1) is 15.6. The van der Waals surface area contributed by atoms with Crippen LogP contribution in [0.4, 0.5) is 11.4 Å². The highest BCUT2D eigenvalue weighted by Crippen LogP contribution is 2.25. The van der Waals surface area contributed by atoms with Crippen molar-refractivity contribution in [2.75, 3.05) is 11.9 Å². The maximum Gasteiger partial charge on any atom is 0.306 e. The van der Waals surface area contributed by atoms with Crippen molar-refractivity contribution in [1.82, 2.24) is 9.78 Å². The molecule has 1 aromatic carbocycles. The minimum atomic E-state index is -0.792. The van der Waals surface area contributed by atoms with Crippen molar-refractivity contribution in [2.45, 2.75) is 12.6 Å². The van der Waals surface area contributed by atoms with E-state index >= 15 is 0 Å². The van der Waals surface area contributed by atoms with E-state index in [1.165, 1.54) is 10.9 Å². The number of nitrogens with zero attached hydrogens (tertiary/aromatic N) is 3. The summed E-state index contributed by atoms with van der Waals surface area (Å²) < 4.78 is 1.31. The summed E-state index contributed by atoms with van der Waals surface area (Å²) >= 11 is 11.8. The predicted octanol–water partition coefficient (Wildman–Crippen LogP) is 2.57. The Kier molecular flexibility index (Phi) is 5.00. The SMILES string of the molecule is O=[N+]([O-])c1cnn(CC(O)CNc2cc(Cl)ccc2Cl)c1. The number of halogens is 2. The third-order valence-electron chi connectivity index (χ3n) is 2.68. The Hall–Kier alpha value is -1.83. The highest BCUT2D eigenvalue weighted by atomic mass is 35.5. The van der Waals surface area contributed by atoms with Gasteiger partial charge in [-0.05, 0) is 18.2 Å². The molecule has 2 N–H and O–H groups in total. The van der Waals surface area contributed by atoms with Crippen LogP contribution in [-0.4, -0.2) is 32.5 Å². The number of hydrogen-bond donors (Lipinski definition) is 2. The molecule has 0 radical (unpaired) electrons. The van der Waals surface area contributed by atoms with Crippen LogP contribution in [0.15, 0.2) is 30.6 Å². The van der Waals surface area contributed by atoms with Crippen LogP contribution >= 0.6 is 23.2 Å². The van der Waals surface area contributed by atoms with Crippen LogP contribution in [0.1, 0.15) is 0 Å². The minimum Gasteiger partial charge on any atom is -0.389 e. The van der Waals surface area contributed by atoms with Gasteiger partial charge >= 0.3 is 5.69 Å². The summed E-state index contributed by atoms with van der Waals surface area (Å²) in [6, 6.07) is 4.96. The van der Waals surface area contributed by atoms with Crippen molar-refractivity contribution in [3.8, 4) is 0 Å². The van der Waals surface area contributed by atoms with E-state index in [1.54, 1.807) is 18.2 Å². The van der Waals surface area contributed by atoms with Gasteiger partial charge in [0.1, 0.15) is 12.4 Å². The van der Waals surface area contributed by atoms with Gasteiger partial charge < -0.3 is 10.4 Å². The summed E-state index contributed by atoms with van der Waals surface area (Å²) in [7, 11) is 0. The molecule has 0 aliphatic rings. The lowest BCUT2D eigenvalue weighted by atomic mass is 10.3. The zero-order valence-electron chi connectivity index (χ0n) is 10.7. The molecule has 0 saturated heterocycles. The molecular formula is C12H12Cl2N4O3. The molecule has 0 spiro atoms. The Bertz CT molecular complexity index is 647. The Balaban J connectivity index is 1.90. The van der Waals surface area contributed by atoms with Gasteiger partial charge in [-0.3, -0.25) is 14.8 Å². The van der Waals surface area contributed by atoms with Crippen LogP contribution in [0.5, 0.6) is 0 Å².